The van der Waals surface area contributed by atoms with E-state index in [0.717, 1.165) is 0 Å². The molecule has 20 heavy (non-hydrogen) atoms. The highest BCUT2D eigenvalue weighted by Crippen LogP contribution is 2.41. The Kier molecular flexibility index (Phi) is 2.91. The lowest BCUT2D eigenvalue weighted by Crippen LogP contribution is -2.25. The third-order valence-corrected chi connectivity index (χ3v) is 4.20. The van der Waals surface area contributed by atoms with Gasteiger partial charge in [-0.25, -0.2) is 0 Å². The van der Waals surface area contributed by atoms with Gasteiger partial charge in [-0.1, -0.05) is 30.3 Å². The number of nitrogens with two attached hydrogens (primary N) is 1. The van der Waals surface area contributed by atoms with Crippen molar-refractivity contribution < 1.29 is 14.7 Å². The Morgan fingerprint density at radius 2 is 1.95 bits per heavy atom. The van der Waals surface area contributed by atoms with Crippen LogP contribution in [0.4, 0.5) is 0 Å². The van der Waals surface area contributed by atoms with Crippen molar-refractivity contribution in [2.24, 2.45) is 5.73 Å². The van der Waals surface area contributed by atoms with Gasteiger partial charge in [-0.15, -0.1) is 11.3 Å². The number of hydrogen-bond donors (Lipinski definition) is 2. The number of benzene rings is 1. The minimum Gasteiger partial charge on any atom is -0.506 e. The summed E-state index contributed by atoms with van der Waals surface area (Å²) in [6, 6.07) is 10.4. The number of aliphatic hydroxyl groups is 1. The summed E-state index contributed by atoms with van der Waals surface area (Å²) < 4.78 is 0. The molecule has 1 amide bonds. The number of fused-ring (bicyclic) bond motifs is 1. The van der Waals surface area contributed by atoms with Gasteiger partial charge < -0.3 is 10.8 Å². The van der Waals surface area contributed by atoms with Crippen LogP contribution in [0.25, 0.3) is 11.3 Å². The second-order valence-corrected chi connectivity index (χ2v) is 5.44. The Hall–Kier alpha value is -2.40. The van der Waals surface area contributed by atoms with Crippen LogP contribution in [0.5, 0.6) is 0 Å². The summed E-state index contributed by atoms with van der Waals surface area (Å²) in [5.74, 6) is -2.24. The molecule has 1 aliphatic rings. The standard InChI is InChI=1S/C15H11NO3S/c16-15(19)12-9-5-2-1-4-8(9)11(14(12)18)13(17)10-6-3-7-20-10/h1-7,12,17H,(H2,16,19). The number of aliphatic hydroxyl groups excluding tert-OH is 1. The molecule has 1 atom stereocenters. The van der Waals surface area contributed by atoms with Crippen LogP contribution in [0.3, 0.4) is 0 Å². The average molecular weight is 285 g/mol. The number of rotatable bonds is 2. The van der Waals surface area contributed by atoms with Crippen LogP contribution >= 0.6 is 11.3 Å². The van der Waals surface area contributed by atoms with E-state index in [1.54, 1.807) is 36.4 Å². The minimum absolute atomic E-state index is 0.0961. The second-order valence-electron chi connectivity index (χ2n) is 4.49. The molecular formula is C15H11NO3S. The fourth-order valence-corrected chi connectivity index (χ4v) is 3.13. The van der Waals surface area contributed by atoms with Gasteiger partial charge in [-0.2, -0.15) is 0 Å². The Bertz CT molecular complexity index is 731. The molecular weight excluding hydrogens is 274 g/mol. The van der Waals surface area contributed by atoms with Gasteiger partial charge in [0.05, 0.1) is 10.5 Å². The second kappa shape index (κ2) is 4.61. The van der Waals surface area contributed by atoms with E-state index in [1.165, 1.54) is 11.3 Å². The molecule has 0 spiro atoms. The van der Waals surface area contributed by atoms with Crippen LogP contribution < -0.4 is 5.73 Å². The molecule has 1 aromatic carbocycles. The first-order chi connectivity index (χ1) is 9.61. The van der Waals surface area contributed by atoms with E-state index in [1.807, 2.05) is 5.38 Å². The lowest BCUT2D eigenvalue weighted by molar-refractivity contribution is -0.125. The Labute approximate surface area is 119 Å². The molecule has 0 saturated carbocycles. The Balaban J connectivity index is 2.26. The van der Waals surface area contributed by atoms with E-state index >= 15 is 0 Å². The number of amides is 1. The largest absolute Gasteiger partial charge is 0.506 e. The van der Waals surface area contributed by atoms with Gasteiger partial charge in [0.2, 0.25) is 5.91 Å². The van der Waals surface area contributed by atoms with E-state index < -0.39 is 17.6 Å². The van der Waals surface area contributed by atoms with Gasteiger partial charge in [-0.05, 0) is 22.6 Å². The maximum atomic E-state index is 12.4. The summed E-state index contributed by atoms with van der Waals surface area (Å²) in [5, 5.41) is 12.2. The van der Waals surface area contributed by atoms with Crippen LogP contribution in [0.15, 0.2) is 41.8 Å². The van der Waals surface area contributed by atoms with Crippen molar-refractivity contribution in [2.75, 3.05) is 0 Å². The number of allylic oxidation sites excluding steroid dienone is 1. The predicted octanol–water partition coefficient (Wildman–Crippen LogP) is 2.33. The maximum absolute atomic E-state index is 12.4. The fourth-order valence-electron chi connectivity index (χ4n) is 2.46. The number of hydrogen-bond acceptors (Lipinski definition) is 4. The SMILES string of the molecule is NC(=O)C1C(=O)C(=C(O)c2cccs2)c2ccccc21. The maximum Gasteiger partial charge on any atom is 0.232 e. The van der Waals surface area contributed by atoms with Crippen molar-refractivity contribution >= 4 is 34.4 Å². The molecule has 2 aromatic rings. The zero-order valence-corrected chi connectivity index (χ0v) is 11.2. The van der Waals surface area contributed by atoms with Gasteiger partial charge in [0.1, 0.15) is 11.7 Å². The van der Waals surface area contributed by atoms with Crippen molar-refractivity contribution in [1.29, 1.82) is 0 Å². The van der Waals surface area contributed by atoms with Crippen LogP contribution in [0, 0.1) is 0 Å². The van der Waals surface area contributed by atoms with Crippen molar-refractivity contribution in [3.8, 4) is 0 Å². The first kappa shape index (κ1) is 12.6. The molecule has 0 saturated heterocycles. The quantitative estimate of drug-likeness (QED) is 0.505. The lowest BCUT2D eigenvalue weighted by Gasteiger charge is -2.03. The lowest BCUT2D eigenvalue weighted by atomic mass is 10.0. The molecule has 0 fully saturated rings. The number of ketones is 1. The topological polar surface area (TPSA) is 80.4 Å². The molecule has 4 nitrogen and oxygen atoms in total. The summed E-state index contributed by atoms with van der Waals surface area (Å²) in [6.45, 7) is 0. The molecule has 0 bridgehead atoms. The molecule has 0 radical (unpaired) electrons. The number of carbonyl (C=O) groups is 2. The molecule has 1 aliphatic carbocycles. The third kappa shape index (κ3) is 1.75. The van der Waals surface area contributed by atoms with Crippen molar-refractivity contribution in [2.45, 2.75) is 5.92 Å². The van der Waals surface area contributed by atoms with E-state index in [-0.39, 0.29) is 11.3 Å². The zero-order chi connectivity index (χ0) is 14.3. The number of thiophene rings is 1. The molecule has 100 valence electrons. The first-order valence-corrected chi connectivity index (χ1v) is 6.89. The van der Waals surface area contributed by atoms with E-state index in [0.29, 0.717) is 16.0 Å². The highest BCUT2D eigenvalue weighted by Gasteiger charge is 2.40. The smallest absolute Gasteiger partial charge is 0.232 e. The van der Waals surface area contributed by atoms with Crippen LogP contribution in [-0.2, 0) is 9.59 Å². The summed E-state index contributed by atoms with van der Waals surface area (Å²) in [4.78, 5) is 24.5. The first-order valence-electron chi connectivity index (χ1n) is 6.01. The van der Waals surface area contributed by atoms with Gasteiger partial charge in [0, 0.05) is 0 Å². The van der Waals surface area contributed by atoms with Gasteiger partial charge in [0.25, 0.3) is 0 Å². The van der Waals surface area contributed by atoms with Crippen LogP contribution in [0.1, 0.15) is 21.9 Å². The van der Waals surface area contributed by atoms with Gasteiger partial charge in [-0.3, -0.25) is 9.59 Å². The monoisotopic (exact) mass is 285 g/mol. The normalized spacial score (nSPS) is 19.8. The van der Waals surface area contributed by atoms with Crippen molar-refractivity contribution in [3.05, 3.63) is 57.8 Å². The summed E-state index contributed by atoms with van der Waals surface area (Å²) >= 11 is 1.33. The van der Waals surface area contributed by atoms with Gasteiger partial charge >= 0.3 is 0 Å². The number of Topliss-reactive ketones (excluding diaryl/α,β-unsaturated/α-hetero) is 1. The molecule has 1 heterocycles. The third-order valence-electron chi connectivity index (χ3n) is 3.33. The Morgan fingerprint density at radius 3 is 2.60 bits per heavy atom. The molecule has 3 rings (SSSR count). The van der Waals surface area contributed by atoms with E-state index in [9.17, 15) is 14.7 Å². The molecule has 5 heteroatoms. The summed E-state index contributed by atoms with van der Waals surface area (Å²) in [7, 11) is 0. The Morgan fingerprint density at radius 1 is 1.20 bits per heavy atom. The van der Waals surface area contributed by atoms with Crippen molar-refractivity contribution in [1.82, 2.24) is 0 Å². The van der Waals surface area contributed by atoms with E-state index in [2.05, 4.69) is 0 Å². The average Bonchev–Trinajstić information content (AvgIpc) is 3.02. The predicted molar refractivity (Wildman–Crippen MR) is 77.1 cm³/mol. The molecule has 1 aromatic heterocycles. The van der Waals surface area contributed by atoms with E-state index in [4.69, 9.17) is 5.73 Å². The van der Waals surface area contributed by atoms with Gasteiger partial charge in [0.15, 0.2) is 5.78 Å². The number of carbonyl (C=O) groups excluding carboxylic acids is 2. The summed E-state index contributed by atoms with van der Waals surface area (Å²) in [5.41, 5.74) is 6.63. The molecule has 3 N–H and O–H groups in total. The minimum atomic E-state index is -1.01. The zero-order valence-electron chi connectivity index (χ0n) is 10.4. The highest BCUT2D eigenvalue weighted by molar-refractivity contribution is 7.11. The summed E-state index contributed by atoms with van der Waals surface area (Å²) in [6.07, 6.45) is 0. The van der Waals surface area contributed by atoms with Crippen LogP contribution in [0.2, 0.25) is 0 Å². The fraction of sp³-hybridized carbons (Fsp3) is 0.0667. The molecule has 1 unspecified atom stereocenters. The highest BCUT2D eigenvalue weighted by atomic mass is 32.1. The van der Waals surface area contributed by atoms with Crippen LogP contribution in [-0.4, -0.2) is 16.8 Å². The van der Waals surface area contributed by atoms with Crippen molar-refractivity contribution in [3.63, 3.8) is 0 Å². The molecule has 0 aliphatic heterocycles. The number of primary amides is 1.